The fourth-order valence-corrected chi connectivity index (χ4v) is 2.63. The van der Waals surface area contributed by atoms with E-state index in [1.54, 1.807) is 25.2 Å². The number of rotatable bonds is 5. The monoisotopic (exact) mass is 332 g/mol. The smallest absolute Gasteiger partial charge is 0.321 e. The van der Waals surface area contributed by atoms with Gasteiger partial charge in [-0.05, 0) is 32.9 Å². The maximum Gasteiger partial charge on any atom is 0.321 e. The summed E-state index contributed by atoms with van der Waals surface area (Å²) in [6.07, 6.45) is 0. The lowest BCUT2D eigenvalue weighted by Crippen LogP contribution is -2.45. The fourth-order valence-electron chi connectivity index (χ4n) is 2.00. The summed E-state index contributed by atoms with van der Waals surface area (Å²) in [6, 6.07) is 6.66. The highest BCUT2D eigenvalue weighted by atomic mass is 32.1. The average molecular weight is 332 g/mol. The first kappa shape index (κ1) is 17.0. The molecular formula is C16H20N4O2S. The van der Waals surface area contributed by atoms with Crippen LogP contribution in [0.15, 0.2) is 29.6 Å². The number of amides is 3. The lowest BCUT2D eigenvalue weighted by atomic mass is 10.1. The molecule has 23 heavy (non-hydrogen) atoms. The van der Waals surface area contributed by atoms with Crippen molar-refractivity contribution in [3.63, 3.8) is 0 Å². The summed E-state index contributed by atoms with van der Waals surface area (Å²) in [4.78, 5) is 27.8. The van der Waals surface area contributed by atoms with E-state index < -0.39 is 12.1 Å². The van der Waals surface area contributed by atoms with Gasteiger partial charge >= 0.3 is 6.03 Å². The van der Waals surface area contributed by atoms with Crippen molar-refractivity contribution in [2.45, 2.75) is 26.8 Å². The third kappa shape index (κ3) is 4.79. The number of carbonyl (C=O) groups is 2. The third-order valence-corrected chi connectivity index (χ3v) is 3.90. The van der Waals surface area contributed by atoms with Crippen molar-refractivity contribution in [1.82, 2.24) is 15.6 Å². The number of hydrogen-bond donors (Lipinski definition) is 3. The highest BCUT2D eigenvalue weighted by Crippen LogP contribution is 2.24. The average Bonchev–Trinajstić information content (AvgIpc) is 2.94. The first-order chi connectivity index (χ1) is 11.0. The van der Waals surface area contributed by atoms with Gasteiger partial charge in [0.1, 0.15) is 6.04 Å². The minimum Gasteiger partial charge on any atom is -0.374 e. The number of nitrogens with zero attached hydrogens (tertiary/aromatic N) is 1. The van der Waals surface area contributed by atoms with Crippen molar-refractivity contribution in [1.29, 1.82) is 0 Å². The molecule has 0 spiro atoms. The second kappa shape index (κ2) is 7.73. The summed E-state index contributed by atoms with van der Waals surface area (Å²) in [7, 11) is 0. The van der Waals surface area contributed by atoms with E-state index in [-0.39, 0.29) is 5.91 Å². The Morgan fingerprint density at radius 1 is 1.35 bits per heavy atom. The molecule has 0 saturated heterocycles. The standard InChI is InChI=1S/C16H20N4O2S/c1-4-17-16(22)20-15(21)10(2)18-13-7-5-6-12(8-13)14-9-23-11(3)19-14/h5-10,18H,4H2,1-3H3,(H2,17,20,21,22)/t10-/m0/s1. The van der Waals surface area contributed by atoms with E-state index in [4.69, 9.17) is 0 Å². The minimum absolute atomic E-state index is 0.383. The number of aromatic nitrogens is 1. The van der Waals surface area contributed by atoms with Crippen LogP contribution in [0.1, 0.15) is 18.9 Å². The summed E-state index contributed by atoms with van der Waals surface area (Å²) < 4.78 is 0. The fraction of sp³-hybridized carbons (Fsp3) is 0.312. The van der Waals surface area contributed by atoms with Crippen molar-refractivity contribution in [2.75, 3.05) is 11.9 Å². The zero-order valence-corrected chi connectivity index (χ0v) is 14.2. The number of benzene rings is 1. The van der Waals surface area contributed by atoms with E-state index in [0.29, 0.717) is 6.54 Å². The van der Waals surface area contributed by atoms with Gasteiger partial charge in [0.2, 0.25) is 5.91 Å². The van der Waals surface area contributed by atoms with E-state index in [2.05, 4.69) is 20.9 Å². The van der Waals surface area contributed by atoms with Gasteiger partial charge in [-0.1, -0.05) is 12.1 Å². The second-order valence-corrected chi connectivity index (χ2v) is 6.11. The van der Waals surface area contributed by atoms with Gasteiger partial charge in [-0.25, -0.2) is 9.78 Å². The molecule has 3 N–H and O–H groups in total. The number of thiazole rings is 1. The van der Waals surface area contributed by atoms with Gasteiger partial charge in [-0.15, -0.1) is 11.3 Å². The highest BCUT2D eigenvalue weighted by Gasteiger charge is 2.15. The molecule has 0 aliphatic rings. The maximum absolute atomic E-state index is 11.9. The zero-order chi connectivity index (χ0) is 16.8. The van der Waals surface area contributed by atoms with Crippen molar-refractivity contribution in [3.8, 4) is 11.3 Å². The number of aryl methyl sites for hydroxylation is 1. The molecule has 0 fully saturated rings. The number of urea groups is 1. The third-order valence-electron chi connectivity index (χ3n) is 3.13. The maximum atomic E-state index is 11.9. The molecule has 1 heterocycles. The first-order valence-corrected chi connectivity index (χ1v) is 8.25. The van der Waals surface area contributed by atoms with Crippen molar-refractivity contribution >= 4 is 29.0 Å². The molecule has 6 nitrogen and oxygen atoms in total. The molecule has 7 heteroatoms. The largest absolute Gasteiger partial charge is 0.374 e. The van der Waals surface area contributed by atoms with Crippen molar-refractivity contribution < 1.29 is 9.59 Å². The number of anilines is 1. The summed E-state index contributed by atoms with van der Waals surface area (Å²) in [5, 5.41) is 10.9. The van der Waals surface area contributed by atoms with Crippen molar-refractivity contribution in [3.05, 3.63) is 34.7 Å². The summed E-state index contributed by atoms with van der Waals surface area (Å²) in [5.41, 5.74) is 2.69. The van der Waals surface area contributed by atoms with Crippen LogP contribution < -0.4 is 16.0 Å². The Labute approximate surface area is 139 Å². The van der Waals surface area contributed by atoms with Gasteiger partial charge in [0.15, 0.2) is 0 Å². The molecule has 0 unspecified atom stereocenters. The Balaban J connectivity index is 2.02. The van der Waals surface area contributed by atoms with Gasteiger partial charge in [0.05, 0.1) is 10.7 Å². The molecule has 1 atom stereocenters. The van der Waals surface area contributed by atoms with Gasteiger partial charge in [-0.3, -0.25) is 10.1 Å². The second-order valence-electron chi connectivity index (χ2n) is 5.05. The van der Waals surface area contributed by atoms with Crippen LogP contribution in [0.3, 0.4) is 0 Å². The predicted molar refractivity (Wildman–Crippen MR) is 92.6 cm³/mol. The Hall–Kier alpha value is -2.41. The molecule has 0 saturated carbocycles. The molecule has 1 aromatic carbocycles. The molecule has 3 amide bonds. The number of hydrogen-bond acceptors (Lipinski definition) is 5. The molecule has 122 valence electrons. The van der Waals surface area contributed by atoms with Gasteiger partial charge in [-0.2, -0.15) is 0 Å². The predicted octanol–water partition coefficient (Wildman–Crippen LogP) is 2.76. The van der Waals surface area contributed by atoms with Gasteiger partial charge < -0.3 is 10.6 Å². The van der Waals surface area contributed by atoms with Crippen LogP contribution in [-0.4, -0.2) is 29.5 Å². The van der Waals surface area contributed by atoms with E-state index in [0.717, 1.165) is 22.0 Å². The molecule has 2 aromatic rings. The van der Waals surface area contributed by atoms with Crippen LogP contribution in [0.5, 0.6) is 0 Å². The minimum atomic E-state index is -0.537. The van der Waals surface area contributed by atoms with E-state index in [1.807, 2.05) is 36.6 Å². The van der Waals surface area contributed by atoms with Gasteiger partial charge in [0, 0.05) is 23.2 Å². The van der Waals surface area contributed by atoms with Crippen LogP contribution in [0.4, 0.5) is 10.5 Å². The zero-order valence-electron chi connectivity index (χ0n) is 13.3. The first-order valence-electron chi connectivity index (χ1n) is 7.37. The van der Waals surface area contributed by atoms with Crippen LogP contribution in [-0.2, 0) is 4.79 Å². The summed E-state index contributed by atoms with van der Waals surface area (Å²) in [6.45, 7) is 5.92. The van der Waals surface area contributed by atoms with Gasteiger partial charge in [0.25, 0.3) is 0 Å². The topological polar surface area (TPSA) is 83.1 Å². The molecule has 1 aromatic heterocycles. The quantitative estimate of drug-likeness (QED) is 0.786. The molecule has 0 aliphatic heterocycles. The molecule has 0 aliphatic carbocycles. The lowest BCUT2D eigenvalue weighted by Gasteiger charge is -2.15. The summed E-state index contributed by atoms with van der Waals surface area (Å²) >= 11 is 1.60. The number of imide groups is 1. The Bertz CT molecular complexity index is 699. The Kier molecular flexibility index (Phi) is 5.70. The van der Waals surface area contributed by atoms with E-state index in [9.17, 15) is 9.59 Å². The van der Waals surface area contributed by atoms with Crippen molar-refractivity contribution in [2.24, 2.45) is 0 Å². The SMILES string of the molecule is CCNC(=O)NC(=O)[C@H](C)Nc1cccc(-c2csc(C)n2)c1. The number of nitrogens with one attached hydrogen (secondary N) is 3. The van der Waals surface area contributed by atoms with Crippen LogP contribution in [0, 0.1) is 6.92 Å². The van der Waals surface area contributed by atoms with Crippen LogP contribution >= 0.6 is 11.3 Å². The Morgan fingerprint density at radius 3 is 2.78 bits per heavy atom. The highest BCUT2D eigenvalue weighted by molar-refractivity contribution is 7.09. The molecule has 2 rings (SSSR count). The molecular weight excluding hydrogens is 312 g/mol. The molecule has 0 radical (unpaired) electrons. The normalized spacial score (nSPS) is 11.6. The van der Waals surface area contributed by atoms with E-state index in [1.165, 1.54) is 0 Å². The van der Waals surface area contributed by atoms with E-state index >= 15 is 0 Å². The van der Waals surface area contributed by atoms with Crippen LogP contribution in [0.2, 0.25) is 0 Å². The Morgan fingerprint density at radius 2 is 2.13 bits per heavy atom. The number of carbonyl (C=O) groups excluding carboxylic acids is 2. The van der Waals surface area contributed by atoms with Crippen LogP contribution in [0.25, 0.3) is 11.3 Å². The molecule has 0 bridgehead atoms. The lowest BCUT2D eigenvalue weighted by molar-refractivity contribution is -0.120. The summed E-state index contributed by atoms with van der Waals surface area (Å²) in [5.74, 6) is -0.383.